The zero-order valence-corrected chi connectivity index (χ0v) is 9.87. The molecule has 1 aromatic carbocycles. The number of aromatic carboxylic acids is 1. The van der Waals surface area contributed by atoms with Gasteiger partial charge in [0.2, 0.25) is 0 Å². The molecular formula is C13H15NO4. The van der Waals surface area contributed by atoms with Crippen molar-refractivity contribution in [3.05, 3.63) is 35.4 Å². The molecule has 96 valence electrons. The van der Waals surface area contributed by atoms with Crippen LogP contribution in [-0.2, 0) is 0 Å². The first-order chi connectivity index (χ1) is 8.65. The monoisotopic (exact) mass is 249 g/mol. The first-order valence-corrected chi connectivity index (χ1v) is 5.89. The number of aliphatic hydroxyl groups is 1. The number of hydrogen-bond donors (Lipinski definition) is 2. The Balaban J connectivity index is 2.31. The molecule has 5 nitrogen and oxygen atoms in total. The Morgan fingerprint density at radius 3 is 2.56 bits per heavy atom. The van der Waals surface area contributed by atoms with Crippen LogP contribution in [0.2, 0.25) is 0 Å². The molecule has 1 saturated heterocycles. The topological polar surface area (TPSA) is 77.8 Å². The summed E-state index contributed by atoms with van der Waals surface area (Å²) >= 11 is 0. The number of likely N-dealkylation sites (tertiary alicyclic amines) is 1. The van der Waals surface area contributed by atoms with Crippen LogP contribution in [0.1, 0.15) is 33.6 Å². The highest BCUT2D eigenvalue weighted by Gasteiger charge is 2.30. The Morgan fingerprint density at radius 2 is 1.94 bits per heavy atom. The molecule has 2 N–H and O–H groups in total. The molecule has 2 rings (SSSR count). The second kappa shape index (κ2) is 5.18. The van der Waals surface area contributed by atoms with Crippen LogP contribution < -0.4 is 0 Å². The summed E-state index contributed by atoms with van der Waals surface area (Å²) in [6, 6.07) is 5.97. The van der Waals surface area contributed by atoms with E-state index in [4.69, 9.17) is 5.11 Å². The third-order valence-electron chi connectivity index (χ3n) is 3.24. The molecule has 0 saturated carbocycles. The second-order valence-electron chi connectivity index (χ2n) is 4.33. The maximum atomic E-state index is 12.3. The summed E-state index contributed by atoms with van der Waals surface area (Å²) in [6.07, 6.45) is 1.60. The normalized spacial score (nSPS) is 18.9. The van der Waals surface area contributed by atoms with Crippen molar-refractivity contribution in [3.8, 4) is 0 Å². The largest absolute Gasteiger partial charge is 0.478 e. The highest BCUT2D eigenvalue weighted by Crippen LogP contribution is 2.21. The first kappa shape index (κ1) is 12.6. The van der Waals surface area contributed by atoms with Crippen molar-refractivity contribution in [2.75, 3.05) is 13.2 Å². The van der Waals surface area contributed by atoms with E-state index < -0.39 is 5.97 Å². The molecule has 1 heterocycles. The molecule has 1 atom stereocenters. The average molecular weight is 249 g/mol. The summed E-state index contributed by atoms with van der Waals surface area (Å²) < 4.78 is 0. The third-order valence-corrected chi connectivity index (χ3v) is 3.24. The predicted molar refractivity (Wildman–Crippen MR) is 64.5 cm³/mol. The minimum atomic E-state index is -1.11. The minimum Gasteiger partial charge on any atom is -0.478 e. The van der Waals surface area contributed by atoms with E-state index in [2.05, 4.69) is 0 Å². The smallest absolute Gasteiger partial charge is 0.336 e. The number of hydrogen-bond acceptors (Lipinski definition) is 3. The van der Waals surface area contributed by atoms with Crippen molar-refractivity contribution in [3.63, 3.8) is 0 Å². The van der Waals surface area contributed by atoms with Crippen LogP contribution in [0.15, 0.2) is 24.3 Å². The van der Waals surface area contributed by atoms with Gasteiger partial charge in [0.1, 0.15) is 0 Å². The molecule has 1 aliphatic rings. The molecule has 0 aromatic heterocycles. The number of carbonyl (C=O) groups is 2. The Labute approximate surface area is 105 Å². The summed E-state index contributed by atoms with van der Waals surface area (Å²) in [7, 11) is 0. The Morgan fingerprint density at radius 1 is 1.28 bits per heavy atom. The van der Waals surface area contributed by atoms with E-state index in [-0.39, 0.29) is 29.7 Å². The third kappa shape index (κ3) is 2.22. The van der Waals surface area contributed by atoms with Gasteiger partial charge in [0, 0.05) is 6.54 Å². The number of carboxylic acids is 1. The van der Waals surface area contributed by atoms with E-state index >= 15 is 0 Å². The number of carboxylic acid groups (broad SMARTS) is 1. The fraction of sp³-hybridized carbons (Fsp3) is 0.385. The van der Waals surface area contributed by atoms with Crippen LogP contribution in [0.5, 0.6) is 0 Å². The van der Waals surface area contributed by atoms with Crippen LogP contribution in [0.4, 0.5) is 0 Å². The Hall–Kier alpha value is -1.88. The van der Waals surface area contributed by atoms with Gasteiger partial charge in [-0.2, -0.15) is 0 Å². The van der Waals surface area contributed by atoms with Crippen LogP contribution in [-0.4, -0.2) is 46.2 Å². The molecule has 0 radical (unpaired) electrons. The Bertz CT molecular complexity index is 472. The number of carbonyl (C=O) groups excluding carboxylic acids is 1. The molecule has 1 fully saturated rings. The molecule has 1 aliphatic heterocycles. The van der Waals surface area contributed by atoms with Crippen molar-refractivity contribution in [1.82, 2.24) is 4.90 Å². The van der Waals surface area contributed by atoms with Gasteiger partial charge in [-0.25, -0.2) is 4.79 Å². The van der Waals surface area contributed by atoms with Crippen LogP contribution in [0.3, 0.4) is 0 Å². The molecule has 1 aromatic rings. The van der Waals surface area contributed by atoms with E-state index in [1.807, 2.05) is 0 Å². The molecular weight excluding hydrogens is 234 g/mol. The number of nitrogens with zero attached hydrogens (tertiary/aromatic N) is 1. The lowest BCUT2D eigenvalue weighted by atomic mass is 10.1. The summed E-state index contributed by atoms with van der Waals surface area (Å²) in [5.74, 6) is -1.43. The maximum Gasteiger partial charge on any atom is 0.336 e. The van der Waals surface area contributed by atoms with Crippen LogP contribution >= 0.6 is 0 Å². The van der Waals surface area contributed by atoms with Crippen molar-refractivity contribution in [2.24, 2.45) is 0 Å². The molecule has 1 amide bonds. The van der Waals surface area contributed by atoms with Crippen LogP contribution in [0.25, 0.3) is 0 Å². The van der Waals surface area contributed by atoms with E-state index in [0.29, 0.717) is 6.54 Å². The molecule has 0 spiro atoms. The summed E-state index contributed by atoms with van der Waals surface area (Å²) in [4.78, 5) is 24.9. The van der Waals surface area contributed by atoms with Crippen molar-refractivity contribution >= 4 is 11.9 Å². The SMILES string of the molecule is O=C(O)c1ccccc1C(=O)N1CCC[C@H]1CO. The summed E-state index contributed by atoms with van der Waals surface area (Å²) in [5, 5.41) is 18.3. The number of rotatable bonds is 3. The van der Waals surface area contributed by atoms with Crippen molar-refractivity contribution in [2.45, 2.75) is 18.9 Å². The van der Waals surface area contributed by atoms with E-state index in [1.165, 1.54) is 12.1 Å². The van der Waals surface area contributed by atoms with Crippen molar-refractivity contribution < 1.29 is 19.8 Å². The zero-order chi connectivity index (χ0) is 13.1. The summed E-state index contributed by atoms with van der Waals surface area (Å²) in [5.41, 5.74) is 0.191. The van der Waals surface area contributed by atoms with Gasteiger partial charge in [-0.3, -0.25) is 4.79 Å². The minimum absolute atomic E-state index is 0.00564. The standard InChI is InChI=1S/C13H15NO4/c15-8-9-4-3-7-14(9)12(16)10-5-1-2-6-11(10)13(17)18/h1-2,5-6,9,15H,3-4,7-8H2,(H,17,18)/t9-/m0/s1. The number of benzene rings is 1. The average Bonchev–Trinajstić information content (AvgIpc) is 2.86. The van der Waals surface area contributed by atoms with E-state index in [1.54, 1.807) is 17.0 Å². The van der Waals surface area contributed by atoms with Gasteiger partial charge >= 0.3 is 5.97 Å². The van der Waals surface area contributed by atoms with Crippen LogP contribution in [0, 0.1) is 0 Å². The molecule has 18 heavy (non-hydrogen) atoms. The van der Waals surface area contributed by atoms with E-state index in [9.17, 15) is 14.7 Å². The van der Waals surface area contributed by atoms with Gasteiger partial charge in [-0.15, -0.1) is 0 Å². The van der Waals surface area contributed by atoms with Gasteiger partial charge in [0.25, 0.3) is 5.91 Å². The maximum absolute atomic E-state index is 12.3. The first-order valence-electron chi connectivity index (χ1n) is 5.89. The summed E-state index contributed by atoms with van der Waals surface area (Å²) in [6.45, 7) is 0.485. The lowest BCUT2D eigenvalue weighted by molar-refractivity contribution is 0.0645. The Kier molecular flexibility index (Phi) is 3.62. The highest BCUT2D eigenvalue weighted by atomic mass is 16.4. The van der Waals surface area contributed by atoms with E-state index in [0.717, 1.165) is 12.8 Å². The van der Waals surface area contributed by atoms with Gasteiger partial charge < -0.3 is 15.1 Å². The van der Waals surface area contributed by atoms with Gasteiger partial charge in [-0.1, -0.05) is 12.1 Å². The van der Waals surface area contributed by atoms with Gasteiger partial charge in [0.15, 0.2) is 0 Å². The lowest BCUT2D eigenvalue weighted by Crippen LogP contribution is -2.38. The fourth-order valence-electron chi connectivity index (χ4n) is 2.30. The quantitative estimate of drug-likeness (QED) is 0.837. The fourth-order valence-corrected chi connectivity index (χ4v) is 2.30. The molecule has 0 bridgehead atoms. The highest BCUT2D eigenvalue weighted by molar-refractivity contribution is 6.04. The molecule has 0 aliphatic carbocycles. The van der Waals surface area contributed by atoms with Gasteiger partial charge in [0.05, 0.1) is 23.8 Å². The van der Waals surface area contributed by atoms with Gasteiger partial charge in [-0.05, 0) is 25.0 Å². The lowest BCUT2D eigenvalue weighted by Gasteiger charge is -2.23. The number of amides is 1. The molecule has 5 heteroatoms. The zero-order valence-electron chi connectivity index (χ0n) is 9.87. The number of aliphatic hydroxyl groups excluding tert-OH is 1. The second-order valence-corrected chi connectivity index (χ2v) is 4.33. The molecule has 0 unspecified atom stereocenters. The predicted octanol–water partition coefficient (Wildman–Crippen LogP) is 0.982. The van der Waals surface area contributed by atoms with Crippen molar-refractivity contribution in [1.29, 1.82) is 0 Å².